The predicted octanol–water partition coefficient (Wildman–Crippen LogP) is 3.00. The fourth-order valence-electron chi connectivity index (χ4n) is 2.67. The average Bonchev–Trinajstić information content (AvgIpc) is 2.34. The molecule has 0 atom stereocenters. The highest BCUT2D eigenvalue weighted by Crippen LogP contribution is 2.40. The van der Waals surface area contributed by atoms with E-state index in [4.69, 9.17) is 4.74 Å². The summed E-state index contributed by atoms with van der Waals surface area (Å²) in [7, 11) is 5.50. The highest BCUT2D eigenvalue weighted by molar-refractivity contribution is 6.11. The first-order chi connectivity index (χ1) is 8.85. The van der Waals surface area contributed by atoms with Gasteiger partial charge in [0.25, 0.3) is 0 Å². The Kier molecular flexibility index (Phi) is 3.40. The van der Waals surface area contributed by atoms with Gasteiger partial charge >= 0.3 is 0 Å². The van der Waals surface area contributed by atoms with E-state index >= 15 is 0 Å². The van der Waals surface area contributed by atoms with E-state index in [9.17, 15) is 4.79 Å². The van der Waals surface area contributed by atoms with E-state index < -0.39 is 0 Å². The van der Waals surface area contributed by atoms with Crippen molar-refractivity contribution in [1.82, 2.24) is 4.90 Å². The summed E-state index contributed by atoms with van der Waals surface area (Å²) < 4.78 is 5.23. The van der Waals surface area contributed by atoms with Crippen LogP contribution in [0.25, 0.3) is 0 Å². The lowest BCUT2D eigenvalue weighted by Crippen LogP contribution is -2.30. The number of rotatable bonds is 2. The van der Waals surface area contributed by atoms with E-state index in [1.165, 1.54) is 0 Å². The lowest BCUT2D eigenvalue weighted by molar-refractivity contribution is 0.101. The van der Waals surface area contributed by atoms with Gasteiger partial charge in [-0.2, -0.15) is 0 Å². The van der Waals surface area contributed by atoms with Gasteiger partial charge < -0.3 is 9.64 Å². The molecule has 1 aliphatic carbocycles. The second-order valence-electron chi connectivity index (χ2n) is 5.92. The van der Waals surface area contributed by atoms with Gasteiger partial charge in [0.2, 0.25) is 0 Å². The van der Waals surface area contributed by atoms with Gasteiger partial charge in [0, 0.05) is 31.4 Å². The number of carbonyl (C=O) groups excluding carboxylic acids is 1. The van der Waals surface area contributed by atoms with E-state index in [1.807, 2.05) is 43.4 Å². The highest BCUT2D eigenvalue weighted by atomic mass is 16.5. The summed E-state index contributed by atoms with van der Waals surface area (Å²) in [5.74, 6) is 0.843. The van der Waals surface area contributed by atoms with Crippen molar-refractivity contribution in [3.05, 3.63) is 41.1 Å². The first-order valence-electron chi connectivity index (χ1n) is 6.45. The molecule has 1 aliphatic rings. The monoisotopic (exact) mass is 259 g/mol. The molecular formula is C16H21NO2. The summed E-state index contributed by atoms with van der Waals surface area (Å²) in [5, 5.41) is 0. The van der Waals surface area contributed by atoms with Crippen molar-refractivity contribution >= 4 is 5.78 Å². The molecule has 0 aromatic heterocycles. The van der Waals surface area contributed by atoms with Crippen molar-refractivity contribution in [2.24, 2.45) is 0 Å². The SMILES string of the molecule is COc1ccc2c(c1)C(=O)C(=CN(C)C)CC2(C)C. The molecule has 0 saturated heterocycles. The maximum Gasteiger partial charge on any atom is 0.190 e. The molecule has 0 aliphatic heterocycles. The number of ketones is 1. The number of benzene rings is 1. The predicted molar refractivity (Wildman–Crippen MR) is 76.7 cm³/mol. The second-order valence-corrected chi connectivity index (χ2v) is 5.92. The Morgan fingerprint density at radius 2 is 2.00 bits per heavy atom. The Labute approximate surface area is 114 Å². The molecule has 0 amide bonds. The van der Waals surface area contributed by atoms with Crippen LogP contribution in [-0.4, -0.2) is 31.9 Å². The maximum atomic E-state index is 12.6. The topological polar surface area (TPSA) is 29.5 Å². The van der Waals surface area contributed by atoms with Crippen LogP contribution in [0.3, 0.4) is 0 Å². The van der Waals surface area contributed by atoms with Crippen molar-refractivity contribution in [1.29, 1.82) is 0 Å². The fraction of sp³-hybridized carbons (Fsp3) is 0.438. The quantitative estimate of drug-likeness (QED) is 0.765. The van der Waals surface area contributed by atoms with Crippen LogP contribution in [-0.2, 0) is 5.41 Å². The minimum atomic E-state index is -0.0304. The molecule has 0 bridgehead atoms. The smallest absolute Gasteiger partial charge is 0.190 e. The van der Waals surface area contributed by atoms with Crippen LogP contribution in [0.4, 0.5) is 0 Å². The average molecular weight is 259 g/mol. The Balaban J connectivity index is 2.58. The largest absolute Gasteiger partial charge is 0.497 e. The van der Waals surface area contributed by atoms with Crippen LogP contribution in [0.5, 0.6) is 5.75 Å². The zero-order chi connectivity index (χ0) is 14.2. The molecule has 1 aromatic carbocycles. The van der Waals surface area contributed by atoms with Gasteiger partial charge in [-0.3, -0.25) is 4.79 Å². The normalized spacial score (nSPS) is 19.2. The third kappa shape index (κ3) is 2.50. The van der Waals surface area contributed by atoms with Gasteiger partial charge in [-0.05, 0) is 29.5 Å². The van der Waals surface area contributed by atoms with E-state index in [0.717, 1.165) is 28.9 Å². The Morgan fingerprint density at radius 1 is 1.32 bits per heavy atom. The van der Waals surface area contributed by atoms with Crippen molar-refractivity contribution in [2.45, 2.75) is 25.7 Å². The number of hydrogen-bond acceptors (Lipinski definition) is 3. The first kappa shape index (κ1) is 13.7. The van der Waals surface area contributed by atoms with Crippen LogP contribution in [0.1, 0.15) is 36.2 Å². The van der Waals surface area contributed by atoms with Gasteiger partial charge in [-0.15, -0.1) is 0 Å². The minimum Gasteiger partial charge on any atom is -0.497 e. The zero-order valence-corrected chi connectivity index (χ0v) is 12.3. The molecule has 0 saturated carbocycles. The number of nitrogens with zero attached hydrogens (tertiary/aromatic N) is 1. The van der Waals surface area contributed by atoms with Crippen LogP contribution in [0.2, 0.25) is 0 Å². The molecule has 2 rings (SSSR count). The van der Waals surface area contributed by atoms with E-state index in [-0.39, 0.29) is 11.2 Å². The number of fused-ring (bicyclic) bond motifs is 1. The summed E-state index contributed by atoms with van der Waals surface area (Å²) in [6.07, 6.45) is 2.69. The molecule has 0 fully saturated rings. The molecule has 1 aromatic rings. The van der Waals surface area contributed by atoms with Crippen LogP contribution < -0.4 is 4.74 Å². The van der Waals surface area contributed by atoms with Gasteiger partial charge in [0.15, 0.2) is 5.78 Å². The molecule has 0 unspecified atom stereocenters. The molecule has 0 spiro atoms. The van der Waals surface area contributed by atoms with Crippen LogP contribution >= 0.6 is 0 Å². The van der Waals surface area contributed by atoms with E-state index in [2.05, 4.69) is 13.8 Å². The molecule has 19 heavy (non-hydrogen) atoms. The van der Waals surface area contributed by atoms with Crippen molar-refractivity contribution in [3.63, 3.8) is 0 Å². The minimum absolute atomic E-state index is 0.0304. The standard InChI is InChI=1S/C16H21NO2/c1-16(2)9-11(10-17(3)4)15(18)13-8-12(19-5)6-7-14(13)16/h6-8,10H,9H2,1-5H3. The van der Waals surface area contributed by atoms with E-state index in [1.54, 1.807) is 7.11 Å². The summed E-state index contributed by atoms with van der Waals surface area (Å²) in [5.41, 5.74) is 2.70. The molecule has 3 heteroatoms. The Morgan fingerprint density at radius 3 is 2.58 bits per heavy atom. The molecule has 0 radical (unpaired) electrons. The zero-order valence-electron chi connectivity index (χ0n) is 12.3. The Bertz CT molecular complexity index is 542. The molecule has 0 heterocycles. The molecular weight excluding hydrogens is 238 g/mol. The van der Waals surface area contributed by atoms with Gasteiger partial charge in [-0.25, -0.2) is 0 Å². The summed E-state index contributed by atoms with van der Waals surface area (Å²) in [6.45, 7) is 4.35. The summed E-state index contributed by atoms with van der Waals surface area (Å²) in [6, 6.07) is 5.79. The number of allylic oxidation sites excluding steroid dienone is 1. The number of methoxy groups -OCH3 is 1. The fourth-order valence-corrected chi connectivity index (χ4v) is 2.67. The van der Waals surface area contributed by atoms with Gasteiger partial charge in [0.1, 0.15) is 5.75 Å². The molecule has 102 valence electrons. The van der Waals surface area contributed by atoms with E-state index in [0.29, 0.717) is 0 Å². The third-order valence-electron chi connectivity index (χ3n) is 3.54. The Hall–Kier alpha value is -1.77. The molecule has 0 N–H and O–H groups in total. The first-order valence-corrected chi connectivity index (χ1v) is 6.45. The van der Waals surface area contributed by atoms with Crippen molar-refractivity contribution < 1.29 is 9.53 Å². The van der Waals surface area contributed by atoms with Crippen LogP contribution in [0, 0.1) is 0 Å². The summed E-state index contributed by atoms with van der Waals surface area (Å²) in [4.78, 5) is 14.5. The van der Waals surface area contributed by atoms with Crippen molar-refractivity contribution in [3.8, 4) is 5.75 Å². The highest BCUT2D eigenvalue weighted by Gasteiger charge is 2.35. The number of Topliss-reactive ketones (excluding diaryl/α,β-unsaturated/α-hetero) is 1. The third-order valence-corrected chi connectivity index (χ3v) is 3.54. The lowest BCUT2D eigenvalue weighted by Gasteiger charge is -2.33. The number of carbonyl (C=O) groups is 1. The second kappa shape index (κ2) is 4.72. The van der Waals surface area contributed by atoms with Gasteiger partial charge in [0.05, 0.1) is 7.11 Å². The maximum absolute atomic E-state index is 12.6. The molecule has 3 nitrogen and oxygen atoms in total. The lowest BCUT2D eigenvalue weighted by atomic mass is 9.70. The number of ether oxygens (including phenoxy) is 1. The van der Waals surface area contributed by atoms with Gasteiger partial charge in [-0.1, -0.05) is 19.9 Å². The van der Waals surface area contributed by atoms with Crippen LogP contribution in [0.15, 0.2) is 30.0 Å². The van der Waals surface area contributed by atoms with Crippen molar-refractivity contribution in [2.75, 3.05) is 21.2 Å². The summed E-state index contributed by atoms with van der Waals surface area (Å²) >= 11 is 0. The number of hydrogen-bond donors (Lipinski definition) is 0.